The van der Waals surface area contributed by atoms with Crippen LogP contribution in [0.3, 0.4) is 0 Å². The molecule has 0 saturated carbocycles. The Hall–Kier alpha value is -1.44. The highest BCUT2D eigenvalue weighted by atomic mass is 35.5. The van der Waals surface area contributed by atoms with Crippen LogP contribution in [0.15, 0.2) is 30.6 Å². The smallest absolute Gasteiger partial charge is 0.218 e. The molecular formula is C13H15ClFN3O2S. The summed E-state index contributed by atoms with van der Waals surface area (Å²) in [7, 11) is -0.261. The monoisotopic (exact) mass is 331 g/mol. The van der Waals surface area contributed by atoms with Gasteiger partial charge < -0.3 is 4.57 Å². The molecule has 21 heavy (non-hydrogen) atoms. The zero-order chi connectivity index (χ0) is 15.6. The maximum absolute atomic E-state index is 13.1. The molecule has 0 atom stereocenters. The third-order valence-corrected chi connectivity index (χ3v) is 5.16. The molecule has 0 radical (unpaired) electrons. The highest BCUT2D eigenvalue weighted by Gasteiger charge is 2.20. The summed E-state index contributed by atoms with van der Waals surface area (Å²) in [6.07, 6.45) is 3.35. The van der Waals surface area contributed by atoms with E-state index in [1.165, 1.54) is 23.5 Å². The van der Waals surface area contributed by atoms with E-state index in [2.05, 4.69) is 4.98 Å². The van der Waals surface area contributed by atoms with Gasteiger partial charge in [-0.1, -0.05) is 17.7 Å². The van der Waals surface area contributed by atoms with Crippen LogP contribution in [0.1, 0.15) is 11.4 Å². The van der Waals surface area contributed by atoms with Crippen LogP contribution in [0.2, 0.25) is 5.02 Å². The van der Waals surface area contributed by atoms with Crippen molar-refractivity contribution >= 4 is 21.6 Å². The number of aromatic nitrogens is 2. The van der Waals surface area contributed by atoms with Crippen molar-refractivity contribution in [3.63, 3.8) is 0 Å². The van der Waals surface area contributed by atoms with Gasteiger partial charge in [0.2, 0.25) is 10.0 Å². The van der Waals surface area contributed by atoms with E-state index in [0.29, 0.717) is 11.4 Å². The minimum atomic E-state index is -3.54. The maximum atomic E-state index is 13.1. The van der Waals surface area contributed by atoms with E-state index in [9.17, 15) is 12.8 Å². The lowest BCUT2D eigenvalue weighted by Gasteiger charge is -2.17. The second-order valence-corrected chi connectivity index (χ2v) is 7.20. The van der Waals surface area contributed by atoms with E-state index in [0.717, 1.165) is 6.07 Å². The summed E-state index contributed by atoms with van der Waals surface area (Å²) in [5.41, 5.74) is 0.438. The van der Waals surface area contributed by atoms with Crippen molar-refractivity contribution in [1.82, 2.24) is 13.9 Å². The molecule has 1 aromatic carbocycles. The molecule has 0 saturated heterocycles. The van der Waals surface area contributed by atoms with Gasteiger partial charge in [-0.3, -0.25) is 0 Å². The molecule has 8 heteroatoms. The first-order valence-electron chi connectivity index (χ1n) is 6.14. The lowest BCUT2D eigenvalue weighted by Crippen LogP contribution is -2.28. The fraction of sp³-hybridized carbons (Fsp3) is 0.308. The van der Waals surface area contributed by atoms with Crippen LogP contribution in [-0.4, -0.2) is 29.3 Å². The lowest BCUT2D eigenvalue weighted by molar-refractivity contribution is 0.450. The van der Waals surface area contributed by atoms with E-state index in [1.807, 2.05) is 0 Å². The summed E-state index contributed by atoms with van der Waals surface area (Å²) in [6.45, 7) is 0.167. The predicted molar refractivity (Wildman–Crippen MR) is 78.7 cm³/mol. The summed E-state index contributed by atoms with van der Waals surface area (Å²) in [5, 5.41) is -0.0885. The first kappa shape index (κ1) is 15.9. The molecule has 2 rings (SSSR count). The summed E-state index contributed by atoms with van der Waals surface area (Å²) >= 11 is 5.66. The van der Waals surface area contributed by atoms with Crippen LogP contribution in [0.5, 0.6) is 0 Å². The Labute approximate surface area is 128 Å². The van der Waals surface area contributed by atoms with E-state index < -0.39 is 15.8 Å². The Morgan fingerprint density at radius 1 is 1.43 bits per heavy atom. The molecule has 0 N–H and O–H groups in total. The normalized spacial score (nSPS) is 12.0. The quantitative estimate of drug-likeness (QED) is 0.843. The van der Waals surface area contributed by atoms with Gasteiger partial charge in [0.1, 0.15) is 11.6 Å². The molecular weight excluding hydrogens is 317 g/mol. The number of rotatable bonds is 5. The Morgan fingerprint density at radius 3 is 2.71 bits per heavy atom. The minimum Gasteiger partial charge on any atom is -0.337 e. The Balaban J connectivity index is 2.13. The van der Waals surface area contributed by atoms with Gasteiger partial charge in [-0.05, 0) is 17.7 Å². The molecule has 0 aliphatic carbocycles. The summed E-state index contributed by atoms with van der Waals surface area (Å²) in [4.78, 5) is 4.09. The minimum absolute atomic E-state index is 0.0885. The third kappa shape index (κ3) is 3.81. The van der Waals surface area contributed by atoms with Crippen molar-refractivity contribution in [2.75, 3.05) is 7.05 Å². The molecule has 0 bridgehead atoms. The van der Waals surface area contributed by atoms with E-state index >= 15 is 0 Å². The molecule has 1 heterocycles. The molecule has 2 aromatic rings. The van der Waals surface area contributed by atoms with Gasteiger partial charge in [-0.25, -0.2) is 17.8 Å². The molecule has 0 aliphatic heterocycles. The SMILES string of the molecule is CN(Cc1nccn1C)S(=O)(=O)Cc1ccc(F)c(Cl)c1. The van der Waals surface area contributed by atoms with Crippen molar-refractivity contribution in [3.8, 4) is 0 Å². The van der Waals surface area contributed by atoms with Crippen LogP contribution < -0.4 is 0 Å². The van der Waals surface area contributed by atoms with Crippen molar-refractivity contribution in [1.29, 1.82) is 0 Å². The van der Waals surface area contributed by atoms with Crippen molar-refractivity contribution in [2.45, 2.75) is 12.3 Å². The topological polar surface area (TPSA) is 55.2 Å². The second kappa shape index (κ2) is 6.13. The second-order valence-electron chi connectivity index (χ2n) is 4.72. The van der Waals surface area contributed by atoms with Crippen LogP contribution in [-0.2, 0) is 29.4 Å². The van der Waals surface area contributed by atoms with Crippen LogP contribution >= 0.6 is 11.6 Å². The van der Waals surface area contributed by atoms with Gasteiger partial charge in [0.05, 0.1) is 17.3 Å². The van der Waals surface area contributed by atoms with Gasteiger partial charge in [-0.2, -0.15) is 4.31 Å². The zero-order valence-electron chi connectivity index (χ0n) is 11.6. The number of hydrogen-bond acceptors (Lipinski definition) is 3. The lowest BCUT2D eigenvalue weighted by atomic mass is 10.2. The highest BCUT2D eigenvalue weighted by molar-refractivity contribution is 7.88. The zero-order valence-corrected chi connectivity index (χ0v) is 13.2. The van der Waals surface area contributed by atoms with Crippen molar-refractivity contribution in [3.05, 3.63) is 52.8 Å². The molecule has 0 aliphatic rings. The van der Waals surface area contributed by atoms with Gasteiger partial charge >= 0.3 is 0 Å². The van der Waals surface area contributed by atoms with Crippen LogP contribution in [0, 0.1) is 5.82 Å². The molecule has 0 amide bonds. The molecule has 0 fully saturated rings. The van der Waals surface area contributed by atoms with Gasteiger partial charge in [0, 0.05) is 26.5 Å². The number of benzene rings is 1. The molecule has 0 spiro atoms. The number of sulfonamides is 1. The number of halogens is 2. The van der Waals surface area contributed by atoms with Gasteiger partial charge in [-0.15, -0.1) is 0 Å². The summed E-state index contributed by atoms with van der Waals surface area (Å²) in [6, 6.07) is 3.89. The number of hydrogen-bond donors (Lipinski definition) is 0. The summed E-state index contributed by atoms with van der Waals surface area (Å²) in [5.74, 6) is -0.175. The van der Waals surface area contributed by atoms with Crippen molar-refractivity contribution < 1.29 is 12.8 Å². The first-order valence-corrected chi connectivity index (χ1v) is 8.12. The van der Waals surface area contributed by atoms with E-state index in [4.69, 9.17) is 11.6 Å². The van der Waals surface area contributed by atoms with E-state index in [1.54, 1.807) is 24.0 Å². The number of imidazole rings is 1. The molecule has 114 valence electrons. The fourth-order valence-corrected chi connectivity index (χ4v) is 3.13. The van der Waals surface area contributed by atoms with Crippen LogP contribution in [0.25, 0.3) is 0 Å². The van der Waals surface area contributed by atoms with Crippen molar-refractivity contribution in [2.24, 2.45) is 7.05 Å². The molecule has 1 aromatic heterocycles. The van der Waals surface area contributed by atoms with Crippen LogP contribution in [0.4, 0.5) is 4.39 Å². The third-order valence-electron chi connectivity index (χ3n) is 3.09. The molecule has 5 nitrogen and oxygen atoms in total. The predicted octanol–water partition coefficient (Wildman–Crippen LogP) is 2.17. The Kier molecular flexibility index (Phi) is 4.65. The first-order chi connectivity index (χ1) is 9.79. The van der Waals surface area contributed by atoms with E-state index in [-0.39, 0.29) is 17.3 Å². The number of nitrogens with zero attached hydrogens (tertiary/aromatic N) is 3. The average Bonchev–Trinajstić information content (AvgIpc) is 2.79. The fourth-order valence-electron chi connectivity index (χ4n) is 1.80. The average molecular weight is 332 g/mol. The van der Waals surface area contributed by atoms with Gasteiger partial charge in [0.15, 0.2) is 0 Å². The highest BCUT2D eigenvalue weighted by Crippen LogP contribution is 2.19. The Morgan fingerprint density at radius 2 is 2.14 bits per heavy atom. The Bertz CT molecular complexity index is 746. The summed E-state index contributed by atoms with van der Waals surface area (Å²) < 4.78 is 40.6. The molecule has 0 unspecified atom stereocenters. The van der Waals surface area contributed by atoms with Gasteiger partial charge in [0.25, 0.3) is 0 Å². The maximum Gasteiger partial charge on any atom is 0.218 e. The standard InChI is InChI=1S/C13H15ClFN3O2S/c1-17-6-5-16-13(17)8-18(2)21(19,20)9-10-3-4-12(15)11(14)7-10/h3-7H,8-9H2,1-2H3. The largest absolute Gasteiger partial charge is 0.337 e. The number of aryl methyl sites for hydroxylation is 1.